The van der Waals surface area contributed by atoms with E-state index in [9.17, 15) is 9.59 Å². The largest absolute Gasteiger partial charge is 0.475 e. The summed E-state index contributed by atoms with van der Waals surface area (Å²) in [6.07, 6.45) is 5.71. The van der Waals surface area contributed by atoms with Gasteiger partial charge in [-0.3, -0.25) is 4.79 Å². The van der Waals surface area contributed by atoms with E-state index < -0.39 is 5.97 Å². The molecule has 1 aliphatic rings. The van der Waals surface area contributed by atoms with E-state index in [0.717, 1.165) is 12.8 Å². The van der Waals surface area contributed by atoms with Gasteiger partial charge in [-0.25, -0.2) is 9.78 Å². The summed E-state index contributed by atoms with van der Waals surface area (Å²) < 4.78 is 1.49. The molecule has 1 atom stereocenters. The van der Waals surface area contributed by atoms with Gasteiger partial charge in [0.1, 0.15) is 0 Å². The molecular formula is C12H17N3O3. The number of carboxylic acids is 1. The lowest BCUT2D eigenvalue weighted by Crippen LogP contribution is -2.29. The van der Waals surface area contributed by atoms with Crippen molar-refractivity contribution in [3.63, 3.8) is 0 Å². The molecule has 6 heteroatoms. The second-order valence-electron chi connectivity index (χ2n) is 4.64. The Morgan fingerprint density at radius 2 is 2.39 bits per heavy atom. The predicted octanol–water partition coefficient (Wildman–Crippen LogP) is 1.19. The zero-order valence-electron chi connectivity index (χ0n) is 10.4. The quantitative estimate of drug-likeness (QED) is 0.852. The highest BCUT2D eigenvalue weighted by Gasteiger charge is 2.29. The Balaban J connectivity index is 2.03. The lowest BCUT2D eigenvalue weighted by molar-refractivity contribution is -0.129. The average molecular weight is 251 g/mol. The van der Waals surface area contributed by atoms with Crippen LogP contribution in [0.1, 0.15) is 36.8 Å². The number of imidazole rings is 1. The van der Waals surface area contributed by atoms with Crippen LogP contribution in [0.3, 0.4) is 0 Å². The molecule has 6 nitrogen and oxygen atoms in total. The van der Waals surface area contributed by atoms with Crippen molar-refractivity contribution in [2.75, 3.05) is 6.54 Å². The van der Waals surface area contributed by atoms with E-state index in [1.165, 1.54) is 10.8 Å². The van der Waals surface area contributed by atoms with Crippen LogP contribution in [0.15, 0.2) is 12.4 Å². The van der Waals surface area contributed by atoms with Crippen molar-refractivity contribution in [2.24, 2.45) is 5.92 Å². The molecule has 18 heavy (non-hydrogen) atoms. The Labute approximate surface area is 105 Å². The highest BCUT2D eigenvalue weighted by Crippen LogP contribution is 2.22. The minimum absolute atomic E-state index is 0.0262. The number of aromatic nitrogens is 2. The molecule has 1 aliphatic heterocycles. The Hall–Kier alpha value is -1.85. The van der Waals surface area contributed by atoms with Crippen LogP contribution in [0.4, 0.5) is 0 Å². The maximum absolute atomic E-state index is 11.8. The summed E-state index contributed by atoms with van der Waals surface area (Å²) in [4.78, 5) is 28.2. The molecule has 2 heterocycles. The molecule has 1 N–H and O–H groups in total. The first kappa shape index (κ1) is 12.6. The average Bonchev–Trinajstić information content (AvgIpc) is 2.88. The maximum Gasteiger partial charge on any atom is 0.372 e. The molecular weight excluding hydrogens is 234 g/mol. The molecule has 0 aromatic carbocycles. The fourth-order valence-electron chi connectivity index (χ4n) is 2.40. The second kappa shape index (κ2) is 5.20. The smallest absolute Gasteiger partial charge is 0.372 e. The van der Waals surface area contributed by atoms with Crippen molar-refractivity contribution in [1.29, 1.82) is 0 Å². The molecule has 0 bridgehead atoms. The molecule has 1 aromatic rings. The van der Waals surface area contributed by atoms with E-state index in [1.807, 2.05) is 0 Å². The molecule has 0 radical (unpaired) electrons. The van der Waals surface area contributed by atoms with Crippen LogP contribution in [0.2, 0.25) is 0 Å². The predicted molar refractivity (Wildman–Crippen MR) is 63.9 cm³/mol. The van der Waals surface area contributed by atoms with Gasteiger partial charge in [0, 0.05) is 25.4 Å². The Bertz CT molecular complexity index is 455. The van der Waals surface area contributed by atoms with Gasteiger partial charge in [0.05, 0.1) is 6.67 Å². The number of amides is 1. The van der Waals surface area contributed by atoms with Crippen molar-refractivity contribution in [3.8, 4) is 0 Å². The number of aromatic carboxylic acids is 1. The van der Waals surface area contributed by atoms with Gasteiger partial charge in [0.25, 0.3) is 0 Å². The summed E-state index contributed by atoms with van der Waals surface area (Å²) >= 11 is 0. The lowest BCUT2D eigenvalue weighted by atomic mass is 10.0. The number of likely N-dealkylation sites (tertiary alicyclic amines) is 1. The first-order chi connectivity index (χ1) is 8.61. The van der Waals surface area contributed by atoms with Crippen LogP contribution in [-0.4, -0.2) is 38.0 Å². The number of hydrogen-bond acceptors (Lipinski definition) is 3. The molecule has 0 spiro atoms. The summed E-state index contributed by atoms with van der Waals surface area (Å²) in [6, 6.07) is 0. The van der Waals surface area contributed by atoms with Gasteiger partial charge in [-0.15, -0.1) is 0 Å². The normalized spacial score (nSPS) is 19.5. The molecule has 2 rings (SSSR count). The van der Waals surface area contributed by atoms with E-state index in [-0.39, 0.29) is 18.4 Å². The van der Waals surface area contributed by atoms with Crippen LogP contribution in [0.25, 0.3) is 0 Å². The van der Waals surface area contributed by atoms with Crippen molar-refractivity contribution >= 4 is 11.9 Å². The molecule has 1 aromatic heterocycles. The van der Waals surface area contributed by atoms with Gasteiger partial charge in [0.2, 0.25) is 11.7 Å². The Kier molecular flexibility index (Phi) is 3.64. The zero-order chi connectivity index (χ0) is 13.1. The summed E-state index contributed by atoms with van der Waals surface area (Å²) in [7, 11) is 0. The third-order valence-electron chi connectivity index (χ3n) is 3.22. The second-order valence-corrected chi connectivity index (χ2v) is 4.64. The van der Waals surface area contributed by atoms with Crippen LogP contribution < -0.4 is 0 Å². The first-order valence-corrected chi connectivity index (χ1v) is 6.14. The standard InChI is InChI=1S/C12H17N3O3/c1-2-3-9-6-10(16)15(7-9)8-14-5-4-13-11(14)12(17)18/h4-5,9H,2-3,6-8H2,1H3,(H,17,18). The van der Waals surface area contributed by atoms with Crippen molar-refractivity contribution in [3.05, 3.63) is 18.2 Å². The molecule has 1 fully saturated rings. The molecule has 1 amide bonds. The molecule has 1 unspecified atom stereocenters. The summed E-state index contributed by atoms with van der Waals surface area (Å²) in [5.41, 5.74) is 0. The zero-order valence-corrected chi connectivity index (χ0v) is 10.4. The van der Waals surface area contributed by atoms with Gasteiger partial charge >= 0.3 is 5.97 Å². The van der Waals surface area contributed by atoms with Crippen LogP contribution in [0, 0.1) is 5.92 Å². The lowest BCUT2D eigenvalue weighted by Gasteiger charge is -2.17. The highest BCUT2D eigenvalue weighted by atomic mass is 16.4. The van der Waals surface area contributed by atoms with Gasteiger partial charge in [0.15, 0.2) is 0 Å². The van der Waals surface area contributed by atoms with Gasteiger partial charge < -0.3 is 14.6 Å². The highest BCUT2D eigenvalue weighted by molar-refractivity contribution is 5.83. The minimum atomic E-state index is -1.07. The number of carbonyl (C=O) groups excluding carboxylic acids is 1. The van der Waals surface area contributed by atoms with Crippen molar-refractivity contribution in [2.45, 2.75) is 32.9 Å². The van der Waals surface area contributed by atoms with Crippen molar-refractivity contribution < 1.29 is 14.7 Å². The monoisotopic (exact) mass is 251 g/mol. The number of carboxylic acid groups (broad SMARTS) is 1. The Morgan fingerprint density at radius 3 is 3.06 bits per heavy atom. The third kappa shape index (κ3) is 2.52. The molecule has 0 aliphatic carbocycles. The minimum Gasteiger partial charge on any atom is -0.475 e. The van der Waals surface area contributed by atoms with Crippen LogP contribution >= 0.6 is 0 Å². The van der Waals surface area contributed by atoms with E-state index >= 15 is 0 Å². The summed E-state index contributed by atoms with van der Waals surface area (Å²) in [5.74, 6) is -0.601. The van der Waals surface area contributed by atoms with Gasteiger partial charge in [-0.1, -0.05) is 13.3 Å². The molecule has 0 saturated carbocycles. The topological polar surface area (TPSA) is 75.4 Å². The molecule has 98 valence electrons. The number of nitrogens with zero attached hydrogens (tertiary/aromatic N) is 3. The van der Waals surface area contributed by atoms with E-state index in [0.29, 0.717) is 18.9 Å². The number of carbonyl (C=O) groups is 2. The fourth-order valence-corrected chi connectivity index (χ4v) is 2.40. The van der Waals surface area contributed by atoms with Crippen molar-refractivity contribution in [1.82, 2.24) is 14.5 Å². The number of rotatable bonds is 5. The van der Waals surface area contributed by atoms with E-state index in [2.05, 4.69) is 11.9 Å². The summed E-state index contributed by atoms with van der Waals surface area (Å²) in [6.45, 7) is 3.09. The molecule has 1 saturated heterocycles. The SMILES string of the molecule is CCCC1CC(=O)N(Cn2ccnc2C(=O)O)C1. The Morgan fingerprint density at radius 1 is 1.61 bits per heavy atom. The van der Waals surface area contributed by atoms with E-state index in [1.54, 1.807) is 11.1 Å². The van der Waals surface area contributed by atoms with Crippen LogP contribution in [-0.2, 0) is 11.5 Å². The summed E-state index contributed by atoms with van der Waals surface area (Å²) in [5, 5.41) is 8.94. The third-order valence-corrected chi connectivity index (χ3v) is 3.22. The van der Waals surface area contributed by atoms with Gasteiger partial charge in [-0.05, 0) is 12.3 Å². The van der Waals surface area contributed by atoms with Gasteiger partial charge in [-0.2, -0.15) is 0 Å². The first-order valence-electron chi connectivity index (χ1n) is 6.14. The fraction of sp³-hybridized carbons (Fsp3) is 0.583. The van der Waals surface area contributed by atoms with E-state index in [4.69, 9.17) is 5.11 Å². The van der Waals surface area contributed by atoms with Crippen LogP contribution in [0.5, 0.6) is 0 Å². The maximum atomic E-state index is 11.8. The number of hydrogen-bond donors (Lipinski definition) is 1.